The van der Waals surface area contributed by atoms with E-state index in [1.165, 1.54) is 28.6 Å². The van der Waals surface area contributed by atoms with Crippen LogP contribution in [0, 0.1) is 6.92 Å². The van der Waals surface area contributed by atoms with Gasteiger partial charge in [-0.05, 0) is 55.5 Å². The summed E-state index contributed by atoms with van der Waals surface area (Å²) in [6.07, 6.45) is 2.42. The lowest BCUT2D eigenvalue weighted by atomic mass is 10.1. The van der Waals surface area contributed by atoms with Gasteiger partial charge in [0.15, 0.2) is 6.61 Å². The van der Waals surface area contributed by atoms with Crippen LogP contribution in [0.5, 0.6) is 0 Å². The van der Waals surface area contributed by atoms with Crippen molar-refractivity contribution in [2.24, 2.45) is 0 Å². The average molecular weight is 431 g/mol. The third-order valence-electron chi connectivity index (χ3n) is 5.11. The highest BCUT2D eigenvalue weighted by Crippen LogP contribution is 2.22. The van der Waals surface area contributed by atoms with Gasteiger partial charge in [-0.15, -0.1) is 0 Å². The van der Waals surface area contributed by atoms with Crippen molar-refractivity contribution in [3.8, 4) is 0 Å². The molecule has 1 heterocycles. The fourth-order valence-electron chi connectivity index (χ4n) is 3.45. The molecule has 0 unspecified atom stereocenters. The molecule has 0 atom stereocenters. The molecule has 8 heteroatoms. The van der Waals surface area contributed by atoms with Crippen LogP contribution in [0.15, 0.2) is 47.4 Å². The van der Waals surface area contributed by atoms with Gasteiger partial charge in [-0.1, -0.05) is 31.2 Å². The number of carbonyl (C=O) groups is 2. The lowest BCUT2D eigenvalue weighted by Gasteiger charge is -2.16. The van der Waals surface area contributed by atoms with E-state index in [4.69, 9.17) is 4.74 Å². The Kier molecular flexibility index (Phi) is 6.89. The quantitative estimate of drug-likeness (QED) is 0.681. The Balaban J connectivity index is 1.65. The van der Waals surface area contributed by atoms with E-state index < -0.39 is 28.5 Å². The van der Waals surface area contributed by atoms with E-state index in [0.29, 0.717) is 13.1 Å². The van der Waals surface area contributed by atoms with Gasteiger partial charge in [0.25, 0.3) is 5.91 Å². The zero-order chi connectivity index (χ0) is 21.7. The zero-order valence-electron chi connectivity index (χ0n) is 17.2. The second-order valence-corrected chi connectivity index (χ2v) is 9.16. The number of amides is 1. The SMILES string of the molecule is CCc1cccc(C)c1NC(=O)COC(=O)c1cccc(S(=O)(=O)N2CCCC2)c1. The average Bonchev–Trinajstić information content (AvgIpc) is 3.29. The smallest absolute Gasteiger partial charge is 0.338 e. The molecule has 0 spiro atoms. The van der Waals surface area contributed by atoms with E-state index in [-0.39, 0.29) is 10.5 Å². The van der Waals surface area contributed by atoms with Crippen LogP contribution in [0.2, 0.25) is 0 Å². The monoisotopic (exact) mass is 430 g/mol. The number of ether oxygens (including phenoxy) is 1. The Morgan fingerprint density at radius 1 is 1.10 bits per heavy atom. The molecule has 0 radical (unpaired) electrons. The molecule has 1 aliphatic heterocycles. The molecule has 0 bridgehead atoms. The largest absolute Gasteiger partial charge is 0.452 e. The fourth-order valence-corrected chi connectivity index (χ4v) is 5.02. The highest BCUT2D eigenvalue weighted by atomic mass is 32.2. The highest BCUT2D eigenvalue weighted by Gasteiger charge is 2.27. The number of hydrogen-bond donors (Lipinski definition) is 1. The number of rotatable bonds is 7. The molecule has 2 aromatic rings. The van der Waals surface area contributed by atoms with Crippen LogP contribution in [-0.2, 0) is 26.0 Å². The molecule has 1 fully saturated rings. The van der Waals surface area contributed by atoms with Gasteiger partial charge in [0.2, 0.25) is 10.0 Å². The molecule has 7 nitrogen and oxygen atoms in total. The van der Waals surface area contributed by atoms with Crippen LogP contribution in [0.1, 0.15) is 41.3 Å². The molecule has 1 N–H and O–H groups in total. The summed E-state index contributed by atoms with van der Waals surface area (Å²) in [4.78, 5) is 24.7. The maximum Gasteiger partial charge on any atom is 0.338 e. The van der Waals surface area contributed by atoms with Crippen LogP contribution in [0.3, 0.4) is 0 Å². The summed E-state index contributed by atoms with van der Waals surface area (Å²) in [5.74, 6) is -1.20. The number of carbonyl (C=O) groups excluding carboxylic acids is 2. The van der Waals surface area contributed by atoms with E-state index in [1.807, 2.05) is 32.0 Å². The molecular formula is C22H26N2O5S. The molecule has 0 aliphatic carbocycles. The predicted octanol–water partition coefficient (Wildman–Crippen LogP) is 3.14. The van der Waals surface area contributed by atoms with Crippen LogP contribution >= 0.6 is 0 Å². The minimum Gasteiger partial charge on any atom is -0.452 e. The normalized spacial score (nSPS) is 14.5. The number of esters is 1. The van der Waals surface area contributed by atoms with Crippen LogP contribution in [0.25, 0.3) is 0 Å². The number of sulfonamides is 1. The molecule has 30 heavy (non-hydrogen) atoms. The molecular weight excluding hydrogens is 404 g/mol. The Labute approximate surface area is 177 Å². The molecule has 1 aliphatic rings. The molecule has 160 valence electrons. The van der Waals surface area contributed by atoms with Gasteiger partial charge in [0.05, 0.1) is 10.5 Å². The summed E-state index contributed by atoms with van der Waals surface area (Å²) in [5.41, 5.74) is 2.73. The number of nitrogens with one attached hydrogen (secondary N) is 1. The first-order chi connectivity index (χ1) is 14.3. The summed E-state index contributed by atoms with van der Waals surface area (Å²) < 4.78 is 31.9. The van der Waals surface area contributed by atoms with Gasteiger partial charge >= 0.3 is 5.97 Å². The maximum absolute atomic E-state index is 12.7. The Morgan fingerprint density at radius 2 is 1.80 bits per heavy atom. The van der Waals surface area contributed by atoms with E-state index in [1.54, 1.807) is 0 Å². The van der Waals surface area contributed by atoms with E-state index >= 15 is 0 Å². The molecule has 2 aromatic carbocycles. The first-order valence-corrected chi connectivity index (χ1v) is 11.4. The zero-order valence-corrected chi connectivity index (χ0v) is 18.0. The van der Waals surface area contributed by atoms with Gasteiger partial charge < -0.3 is 10.1 Å². The topological polar surface area (TPSA) is 92.8 Å². The first-order valence-electron chi connectivity index (χ1n) is 9.98. The fraction of sp³-hybridized carbons (Fsp3) is 0.364. The van der Waals surface area contributed by atoms with Crippen molar-refractivity contribution in [2.75, 3.05) is 25.0 Å². The summed E-state index contributed by atoms with van der Waals surface area (Å²) >= 11 is 0. The van der Waals surface area contributed by atoms with E-state index in [2.05, 4.69) is 5.32 Å². The Morgan fingerprint density at radius 3 is 2.50 bits per heavy atom. The molecule has 1 saturated heterocycles. The lowest BCUT2D eigenvalue weighted by Crippen LogP contribution is -2.28. The van der Waals surface area contributed by atoms with Gasteiger partial charge in [-0.25, -0.2) is 13.2 Å². The molecule has 3 rings (SSSR count). The highest BCUT2D eigenvalue weighted by molar-refractivity contribution is 7.89. The number of hydrogen-bond acceptors (Lipinski definition) is 5. The summed E-state index contributed by atoms with van der Waals surface area (Å²) in [6.45, 7) is 4.39. The molecule has 0 saturated carbocycles. The number of nitrogens with zero attached hydrogens (tertiary/aromatic N) is 1. The summed E-state index contributed by atoms with van der Waals surface area (Å²) in [6, 6.07) is 11.5. The number of aryl methyl sites for hydroxylation is 2. The second kappa shape index (κ2) is 9.40. The van der Waals surface area contributed by atoms with Crippen molar-refractivity contribution < 1.29 is 22.7 Å². The van der Waals surface area contributed by atoms with Crippen LogP contribution in [0.4, 0.5) is 5.69 Å². The van der Waals surface area contributed by atoms with E-state index in [0.717, 1.165) is 36.1 Å². The summed E-state index contributed by atoms with van der Waals surface area (Å²) in [5, 5.41) is 2.79. The molecule has 1 amide bonds. The van der Waals surface area contributed by atoms with Crippen molar-refractivity contribution in [1.29, 1.82) is 0 Å². The van der Waals surface area contributed by atoms with Gasteiger partial charge in [0, 0.05) is 18.8 Å². The first kappa shape index (κ1) is 22.0. The Hall–Kier alpha value is -2.71. The van der Waals surface area contributed by atoms with Gasteiger partial charge in [-0.2, -0.15) is 4.31 Å². The van der Waals surface area contributed by atoms with Crippen molar-refractivity contribution in [1.82, 2.24) is 4.31 Å². The third-order valence-corrected chi connectivity index (χ3v) is 7.01. The van der Waals surface area contributed by atoms with Crippen molar-refractivity contribution in [2.45, 2.75) is 38.0 Å². The number of para-hydroxylation sites is 1. The standard InChI is InChI=1S/C22H26N2O5S/c1-3-17-9-6-8-16(2)21(17)23-20(25)15-29-22(26)18-10-7-11-19(14-18)30(27,28)24-12-4-5-13-24/h6-11,14H,3-5,12-13,15H2,1-2H3,(H,23,25). The summed E-state index contributed by atoms with van der Waals surface area (Å²) in [7, 11) is -3.63. The Bertz CT molecular complexity index is 1040. The van der Waals surface area contributed by atoms with E-state index in [9.17, 15) is 18.0 Å². The van der Waals surface area contributed by atoms with Crippen LogP contribution < -0.4 is 5.32 Å². The van der Waals surface area contributed by atoms with Crippen molar-refractivity contribution >= 4 is 27.6 Å². The second-order valence-electron chi connectivity index (χ2n) is 7.23. The molecule has 0 aromatic heterocycles. The van der Waals surface area contributed by atoms with Gasteiger partial charge in [0.1, 0.15) is 0 Å². The minimum absolute atomic E-state index is 0.0517. The van der Waals surface area contributed by atoms with Crippen molar-refractivity contribution in [3.63, 3.8) is 0 Å². The predicted molar refractivity (Wildman–Crippen MR) is 114 cm³/mol. The van der Waals surface area contributed by atoms with Crippen molar-refractivity contribution in [3.05, 3.63) is 59.2 Å². The lowest BCUT2D eigenvalue weighted by molar-refractivity contribution is -0.119. The third kappa shape index (κ3) is 4.88. The van der Waals surface area contributed by atoms with Crippen LogP contribution in [-0.4, -0.2) is 44.3 Å². The number of benzene rings is 2. The number of anilines is 1. The maximum atomic E-state index is 12.7. The van der Waals surface area contributed by atoms with Gasteiger partial charge in [-0.3, -0.25) is 4.79 Å². The minimum atomic E-state index is -3.63.